The molecule has 0 atom stereocenters. The van der Waals surface area contributed by atoms with Gasteiger partial charge in [0.25, 0.3) is 0 Å². The highest BCUT2D eigenvalue weighted by atomic mass is 32.1. The molecule has 0 aliphatic rings. The van der Waals surface area contributed by atoms with E-state index in [0.717, 1.165) is 30.3 Å². The second kappa shape index (κ2) is 7.40. The van der Waals surface area contributed by atoms with E-state index in [1.54, 1.807) is 11.3 Å². The Labute approximate surface area is 157 Å². The molecule has 0 saturated heterocycles. The van der Waals surface area contributed by atoms with E-state index in [4.69, 9.17) is 4.98 Å². The van der Waals surface area contributed by atoms with Gasteiger partial charge in [-0.1, -0.05) is 29.8 Å². The van der Waals surface area contributed by atoms with Crippen molar-refractivity contribution >= 4 is 16.3 Å². The molecule has 3 aromatic heterocycles. The molecule has 132 valence electrons. The van der Waals surface area contributed by atoms with Crippen LogP contribution in [0.3, 0.4) is 0 Å². The zero-order valence-electron chi connectivity index (χ0n) is 15.1. The van der Waals surface area contributed by atoms with Crippen LogP contribution in [-0.4, -0.2) is 19.3 Å². The normalized spacial score (nSPS) is 11.5. The molecule has 1 aromatic carbocycles. The van der Waals surface area contributed by atoms with Crippen LogP contribution in [0.1, 0.15) is 28.1 Å². The molecule has 0 fully saturated rings. The van der Waals surface area contributed by atoms with Crippen molar-refractivity contribution in [2.45, 2.75) is 33.5 Å². The number of rotatable bonds is 6. The van der Waals surface area contributed by atoms with Crippen molar-refractivity contribution in [1.29, 1.82) is 0 Å². The molecule has 5 heteroatoms. The van der Waals surface area contributed by atoms with Crippen molar-refractivity contribution in [2.75, 3.05) is 0 Å². The number of hydrogen-bond donors (Lipinski definition) is 0. The Morgan fingerprint density at radius 1 is 0.923 bits per heavy atom. The first-order chi connectivity index (χ1) is 12.7. The van der Waals surface area contributed by atoms with E-state index >= 15 is 0 Å². The molecule has 26 heavy (non-hydrogen) atoms. The Morgan fingerprint density at radius 3 is 2.35 bits per heavy atom. The van der Waals surface area contributed by atoms with E-state index in [1.807, 2.05) is 12.4 Å². The lowest BCUT2D eigenvalue weighted by Gasteiger charge is -2.23. The van der Waals surface area contributed by atoms with Crippen LogP contribution in [0.15, 0.2) is 60.4 Å². The molecule has 0 bridgehead atoms. The molecule has 4 aromatic rings. The summed E-state index contributed by atoms with van der Waals surface area (Å²) in [7, 11) is 0. The number of hydrogen-bond acceptors (Lipinski definition) is 4. The van der Waals surface area contributed by atoms with Gasteiger partial charge in [-0.3, -0.25) is 14.3 Å². The van der Waals surface area contributed by atoms with Crippen LogP contribution in [0.2, 0.25) is 0 Å². The second-order valence-corrected chi connectivity index (χ2v) is 7.56. The highest BCUT2D eigenvalue weighted by molar-refractivity contribution is 7.15. The van der Waals surface area contributed by atoms with Gasteiger partial charge in [-0.05, 0) is 37.1 Å². The quantitative estimate of drug-likeness (QED) is 0.502. The van der Waals surface area contributed by atoms with Crippen LogP contribution >= 0.6 is 11.3 Å². The maximum absolute atomic E-state index is 4.70. The largest absolute Gasteiger partial charge is 0.293 e. The van der Waals surface area contributed by atoms with Gasteiger partial charge in [-0.25, -0.2) is 4.98 Å². The molecule has 0 radical (unpaired) electrons. The maximum Gasteiger partial charge on any atom is 0.194 e. The van der Waals surface area contributed by atoms with E-state index in [1.165, 1.54) is 22.4 Å². The number of imidazole rings is 1. The summed E-state index contributed by atoms with van der Waals surface area (Å²) >= 11 is 1.68. The highest BCUT2D eigenvalue weighted by Crippen LogP contribution is 2.20. The van der Waals surface area contributed by atoms with Crippen LogP contribution < -0.4 is 0 Å². The smallest absolute Gasteiger partial charge is 0.194 e. The average molecular weight is 363 g/mol. The molecular weight excluding hydrogens is 340 g/mol. The molecule has 0 aliphatic carbocycles. The Morgan fingerprint density at radius 2 is 1.62 bits per heavy atom. The standard InChI is InChI=1S/C21H22N4S/c1-16-3-5-18(6-4-16)13-24(14-19-7-9-22-10-8-19)15-20-17(2)23-21-25(20)11-12-26-21/h3-12H,13-15H2,1-2H3. The molecular formula is C21H22N4S. The highest BCUT2D eigenvalue weighted by Gasteiger charge is 2.15. The van der Waals surface area contributed by atoms with Crippen LogP contribution in [0.4, 0.5) is 0 Å². The minimum Gasteiger partial charge on any atom is -0.293 e. The molecule has 0 unspecified atom stereocenters. The number of thiazole rings is 1. The van der Waals surface area contributed by atoms with Crippen molar-refractivity contribution < 1.29 is 0 Å². The van der Waals surface area contributed by atoms with Gasteiger partial charge < -0.3 is 0 Å². The van der Waals surface area contributed by atoms with Crippen molar-refractivity contribution in [3.8, 4) is 0 Å². The van der Waals surface area contributed by atoms with E-state index in [2.05, 4.69) is 76.1 Å². The van der Waals surface area contributed by atoms with Crippen LogP contribution in [0.25, 0.3) is 4.96 Å². The molecule has 0 spiro atoms. The van der Waals surface area contributed by atoms with Crippen LogP contribution in [0.5, 0.6) is 0 Å². The van der Waals surface area contributed by atoms with Gasteiger partial charge in [0.2, 0.25) is 0 Å². The Hall–Kier alpha value is -2.50. The van der Waals surface area contributed by atoms with Gasteiger partial charge in [0.15, 0.2) is 4.96 Å². The fourth-order valence-corrected chi connectivity index (χ4v) is 3.99. The number of fused-ring (bicyclic) bond motifs is 1. The number of aromatic nitrogens is 3. The van der Waals surface area contributed by atoms with Gasteiger partial charge in [0.1, 0.15) is 0 Å². The first-order valence-electron chi connectivity index (χ1n) is 8.77. The number of nitrogens with zero attached hydrogens (tertiary/aromatic N) is 4. The summed E-state index contributed by atoms with van der Waals surface area (Å²) in [6.07, 6.45) is 5.84. The first-order valence-corrected chi connectivity index (χ1v) is 9.65. The topological polar surface area (TPSA) is 33.4 Å². The van der Waals surface area contributed by atoms with E-state index in [9.17, 15) is 0 Å². The summed E-state index contributed by atoms with van der Waals surface area (Å²) in [5.74, 6) is 0. The lowest BCUT2D eigenvalue weighted by molar-refractivity contribution is 0.243. The summed E-state index contributed by atoms with van der Waals surface area (Å²) in [5, 5.41) is 2.10. The molecule has 4 nitrogen and oxygen atoms in total. The third kappa shape index (κ3) is 3.69. The van der Waals surface area contributed by atoms with Crippen LogP contribution in [-0.2, 0) is 19.6 Å². The van der Waals surface area contributed by atoms with Gasteiger partial charge in [0.05, 0.1) is 11.4 Å². The Bertz CT molecular complexity index is 986. The third-order valence-corrected chi connectivity index (χ3v) is 5.37. The Balaban J connectivity index is 1.62. The SMILES string of the molecule is Cc1ccc(CN(Cc2ccncc2)Cc2c(C)nc3sccn23)cc1. The third-order valence-electron chi connectivity index (χ3n) is 4.62. The van der Waals surface area contributed by atoms with Gasteiger partial charge in [0, 0.05) is 43.6 Å². The predicted octanol–water partition coefficient (Wildman–Crippen LogP) is 4.61. The molecule has 0 aliphatic heterocycles. The predicted molar refractivity (Wildman–Crippen MR) is 106 cm³/mol. The minimum absolute atomic E-state index is 0.861. The maximum atomic E-state index is 4.70. The molecule has 4 rings (SSSR count). The fraction of sp³-hybridized carbons (Fsp3) is 0.238. The van der Waals surface area contributed by atoms with Gasteiger partial charge in [-0.15, -0.1) is 11.3 Å². The lowest BCUT2D eigenvalue weighted by atomic mass is 10.1. The summed E-state index contributed by atoms with van der Waals surface area (Å²) < 4.78 is 2.22. The summed E-state index contributed by atoms with van der Waals surface area (Å²) in [6, 6.07) is 13.0. The Kier molecular flexibility index (Phi) is 4.82. The van der Waals surface area contributed by atoms with Crippen molar-refractivity contribution in [3.63, 3.8) is 0 Å². The van der Waals surface area contributed by atoms with Crippen molar-refractivity contribution in [1.82, 2.24) is 19.3 Å². The summed E-state index contributed by atoms with van der Waals surface area (Å²) in [4.78, 5) is 12.4. The average Bonchev–Trinajstić information content (AvgIpc) is 3.20. The number of pyridine rings is 1. The summed E-state index contributed by atoms with van der Waals surface area (Å²) in [5.41, 5.74) is 6.27. The monoisotopic (exact) mass is 362 g/mol. The lowest BCUT2D eigenvalue weighted by Crippen LogP contribution is -2.23. The molecule has 0 N–H and O–H groups in total. The van der Waals surface area contributed by atoms with E-state index < -0.39 is 0 Å². The molecule has 0 amide bonds. The first kappa shape index (κ1) is 16.9. The zero-order valence-corrected chi connectivity index (χ0v) is 15.9. The zero-order chi connectivity index (χ0) is 17.9. The molecule has 3 heterocycles. The summed E-state index contributed by atoms with van der Waals surface area (Å²) in [6.45, 7) is 6.87. The van der Waals surface area contributed by atoms with E-state index in [0.29, 0.717) is 0 Å². The van der Waals surface area contributed by atoms with E-state index in [-0.39, 0.29) is 0 Å². The number of aryl methyl sites for hydroxylation is 2. The van der Waals surface area contributed by atoms with Gasteiger partial charge >= 0.3 is 0 Å². The minimum atomic E-state index is 0.861. The van der Waals surface area contributed by atoms with Crippen molar-refractivity contribution in [3.05, 3.63) is 88.4 Å². The molecule has 0 saturated carbocycles. The number of benzene rings is 1. The van der Waals surface area contributed by atoms with Crippen molar-refractivity contribution in [2.24, 2.45) is 0 Å². The second-order valence-electron chi connectivity index (χ2n) is 6.69. The fourth-order valence-electron chi connectivity index (χ4n) is 3.21. The van der Waals surface area contributed by atoms with Gasteiger partial charge in [-0.2, -0.15) is 0 Å². The van der Waals surface area contributed by atoms with Crippen LogP contribution in [0, 0.1) is 13.8 Å².